The minimum Gasteiger partial charge on any atom is -0.384 e. The molecule has 3 rings (SSSR count). The van der Waals surface area contributed by atoms with Gasteiger partial charge in [0, 0.05) is 29.9 Å². The van der Waals surface area contributed by atoms with Gasteiger partial charge in [0.2, 0.25) is 0 Å². The predicted octanol–water partition coefficient (Wildman–Crippen LogP) is 4.39. The van der Waals surface area contributed by atoms with Crippen LogP contribution in [0.5, 0.6) is 0 Å². The second-order valence-electron chi connectivity index (χ2n) is 6.67. The zero-order valence-electron chi connectivity index (χ0n) is 13.4. The van der Waals surface area contributed by atoms with E-state index in [0.29, 0.717) is 21.5 Å². The maximum absolute atomic E-state index is 12.6. The van der Waals surface area contributed by atoms with Crippen molar-refractivity contribution in [2.75, 3.05) is 13.7 Å². The van der Waals surface area contributed by atoms with E-state index in [9.17, 15) is 4.79 Å². The molecule has 2 aliphatic rings. The topological polar surface area (TPSA) is 38.3 Å². The lowest BCUT2D eigenvalue weighted by Gasteiger charge is -2.36. The highest BCUT2D eigenvalue weighted by Gasteiger charge is 2.42. The number of ether oxygens (including phenoxy) is 1. The summed E-state index contributed by atoms with van der Waals surface area (Å²) < 4.78 is 5.30. The van der Waals surface area contributed by atoms with Crippen LogP contribution in [0, 0.1) is 12.8 Å². The summed E-state index contributed by atoms with van der Waals surface area (Å²) in [7, 11) is 1.73. The number of methoxy groups -OCH3 is 1. The van der Waals surface area contributed by atoms with Crippen LogP contribution in [-0.2, 0) is 9.53 Å². The van der Waals surface area contributed by atoms with Gasteiger partial charge in [-0.2, -0.15) is 0 Å². The molecule has 0 radical (unpaired) electrons. The Balaban J connectivity index is 1.96. The Kier molecular flexibility index (Phi) is 4.73. The highest BCUT2D eigenvalue weighted by molar-refractivity contribution is 6.38. The van der Waals surface area contributed by atoms with Gasteiger partial charge in [-0.3, -0.25) is 4.79 Å². The quantitative estimate of drug-likeness (QED) is 0.874. The molecule has 1 saturated carbocycles. The number of hydrogen-bond donors (Lipinski definition) is 1. The second-order valence-corrected chi connectivity index (χ2v) is 7.51. The van der Waals surface area contributed by atoms with Gasteiger partial charge >= 0.3 is 0 Å². The number of aryl methyl sites for hydroxylation is 1. The molecule has 1 aromatic carbocycles. The van der Waals surface area contributed by atoms with Crippen molar-refractivity contribution in [2.24, 2.45) is 5.92 Å². The first-order valence-corrected chi connectivity index (χ1v) is 8.70. The van der Waals surface area contributed by atoms with Crippen LogP contribution in [0.3, 0.4) is 0 Å². The first kappa shape index (κ1) is 16.8. The molecule has 3 nitrogen and oxygen atoms in total. The lowest BCUT2D eigenvalue weighted by atomic mass is 9.76. The Bertz CT molecular complexity index is 646. The van der Waals surface area contributed by atoms with Crippen LogP contribution in [0.2, 0.25) is 10.0 Å². The Morgan fingerprint density at radius 1 is 1.39 bits per heavy atom. The van der Waals surface area contributed by atoms with Crippen molar-refractivity contribution < 1.29 is 9.53 Å². The molecule has 1 heterocycles. The molecule has 1 aromatic rings. The van der Waals surface area contributed by atoms with Gasteiger partial charge in [-0.15, -0.1) is 0 Å². The summed E-state index contributed by atoms with van der Waals surface area (Å²) in [5.74, 6) is 0.432. The molecule has 1 spiro atoms. The maximum Gasteiger partial charge on any atom is 0.252 e. The van der Waals surface area contributed by atoms with Crippen LogP contribution in [0.1, 0.15) is 36.8 Å². The van der Waals surface area contributed by atoms with Crippen molar-refractivity contribution in [2.45, 2.75) is 38.1 Å². The van der Waals surface area contributed by atoms with Gasteiger partial charge in [-0.05, 0) is 55.9 Å². The largest absolute Gasteiger partial charge is 0.384 e. The third kappa shape index (κ3) is 3.28. The van der Waals surface area contributed by atoms with Crippen LogP contribution in [0.15, 0.2) is 18.2 Å². The molecule has 5 heteroatoms. The van der Waals surface area contributed by atoms with Crippen molar-refractivity contribution in [3.63, 3.8) is 0 Å². The summed E-state index contributed by atoms with van der Waals surface area (Å²) in [6.45, 7) is 2.67. The lowest BCUT2D eigenvalue weighted by molar-refractivity contribution is -0.116. The molecule has 23 heavy (non-hydrogen) atoms. The van der Waals surface area contributed by atoms with Crippen molar-refractivity contribution in [1.29, 1.82) is 0 Å². The molecule has 124 valence electrons. The molecular formula is C18H21Cl2NO2. The zero-order valence-corrected chi connectivity index (χ0v) is 14.9. The molecular weight excluding hydrogens is 333 g/mol. The first-order chi connectivity index (χ1) is 10.9. The van der Waals surface area contributed by atoms with E-state index in [1.165, 1.54) is 0 Å². The number of carbonyl (C=O) groups excluding carboxylic acids is 1. The van der Waals surface area contributed by atoms with Gasteiger partial charge in [0.1, 0.15) is 0 Å². The molecule has 0 bridgehead atoms. The monoisotopic (exact) mass is 353 g/mol. The fourth-order valence-electron chi connectivity index (χ4n) is 3.95. The van der Waals surface area contributed by atoms with Crippen LogP contribution in [0.4, 0.5) is 0 Å². The predicted molar refractivity (Wildman–Crippen MR) is 93.9 cm³/mol. The van der Waals surface area contributed by atoms with Crippen molar-refractivity contribution in [3.8, 4) is 0 Å². The molecule has 0 saturated heterocycles. The van der Waals surface area contributed by atoms with Gasteiger partial charge in [-0.25, -0.2) is 0 Å². The van der Waals surface area contributed by atoms with E-state index in [1.54, 1.807) is 13.2 Å². The summed E-state index contributed by atoms with van der Waals surface area (Å²) in [6.07, 6.45) is 6.20. The van der Waals surface area contributed by atoms with Gasteiger partial charge in [0.25, 0.3) is 5.91 Å². The van der Waals surface area contributed by atoms with E-state index in [1.807, 2.05) is 13.0 Å². The van der Waals surface area contributed by atoms with Crippen LogP contribution < -0.4 is 5.32 Å². The molecule has 2 atom stereocenters. The molecule has 1 N–H and O–H groups in total. The van der Waals surface area contributed by atoms with Gasteiger partial charge in [-0.1, -0.05) is 29.6 Å². The number of amides is 1. The summed E-state index contributed by atoms with van der Waals surface area (Å²) in [5, 5.41) is 4.31. The SMILES string of the molecule is COCC1CCCC2(C=C(c3c(C)cc(Cl)cc3Cl)C(=O)N2)C1. The Morgan fingerprint density at radius 2 is 2.17 bits per heavy atom. The first-order valence-electron chi connectivity index (χ1n) is 7.94. The van der Waals surface area contributed by atoms with E-state index in [2.05, 4.69) is 11.4 Å². The van der Waals surface area contributed by atoms with Gasteiger partial charge < -0.3 is 10.1 Å². The van der Waals surface area contributed by atoms with E-state index in [0.717, 1.165) is 43.4 Å². The third-order valence-corrected chi connectivity index (χ3v) is 5.36. The smallest absolute Gasteiger partial charge is 0.252 e. The highest BCUT2D eigenvalue weighted by Crippen LogP contribution is 2.41. The Labute approximate surface area is 147 Å². The van der Waals surface area contributed by atoms with E-state index in [4.69, 9.17) is 27.9 Å². The Hall–Kier alpha value is -1.03. The number of nitrogens with one attached hydrogen (secondary N) is 1. The fourth-order valence-corrected chi connectivity index (χ4v) is 4.65. The van der Waals surface area contributed by atoms with Crippen LogP contribution >= 0.6 is 23.2 Å². The minimum absolute atomic E-state index is 0.0459. The molecule has 1 aliphatic carbocycles. The molecule has 0 aromatic heterocycles. The summed E-state index contributed by atoms with van der Waals surface area (Å²) in [6, 6.07) is 3.54. The summed E-state index contributed by atoms with van der Waals surface area (Å²) >= 11 is 12.4. The van der Waals surface area contributed by atoms with E-state index in [-0.39, 0.29) is 11.4 Å². The maximum atomic E-state index is 12.6. The fraction of sp³-hybridized carbons (Fsp3) is 0.500. The van der Waals surface area contributed by atoms with Crippen LogP contribution in [0.25, 0.3) is 5.57 Å². The average Bonchev–Trinajstić information content (AvgIpc) is 2.74. The number of hydrogen-bond acceptors (Lipinski definition) is 2. The zero-order chi connectivity index (χ0) is 16.6. The summed E-state index contributed by atoms with van der Waals surface area (Å²) in [4.78, 5) is 12.6. The number of halogens is 2. The molecule has 2 unspecified atom stereocenters. The van der Waals surface area contributed by atoms with E-state index < -0.39 is 0 Å². The van der Waals surface area contributed by atoms with Crippen molar-refractivity contribution >= 4 is 34.7 Å². The lowest BCUT2D eigenvalue weighted by Crippen LogP contribution is -2.46. The van der Waals surface area contributed by atoms with Gasteiger partial charge in [0.05, 0.1) is 10.6 Å². The highest BCUT2D eigenvalue weighted by atomic mass is 35.5. The van der Waals surface area contributed by atoms with Crippen LogP contribution in [-0.4, -0.2) is 25.2 Å². The number of benzene rings is 1. The average molecular weight is 354 g/mol. The minimum atomic E-state index is -0.261. The second kappa shape index (κ2) is 6.46. The molecule has 1 fully saturated rings. The number of rotatable bonds is 3. The molecule has 1 amide bonds. The van der Waals surface area contributed by atoms with E-state index >= 15 is 0 Å². The third-order valence-electron chi connectivity index (χ3n) is 4.84. The van der Waals surface area contributed by atoms with Gasteiger partial charge in [0.15, 0.2) is 0 Å². The Morgan fingerprint density at radius 3 is 2.87 bits per heavy atom. The van der Waals surface area contributed by atoms with Crippen molar-refractivity contribution in [1.82, 2.24) is 5.32 Å². The van der Waals surface area contributed by atoms with Crippen molar-refractivity contribution in [3.05, 3.63) is 39.4 Å². The standard InChI is InChI=1S/C18H21Cl2NO2/c1-11-6-13(19)7-15(20)16(11)14-9-18(21-17(14)22)5-3-4-12(8-18)10-23-2/h6-7,9,12H,3-5,8,10H2,1-2H3,(H,21,22). The molecule has 1 aliphatic heterocycles. The summed E-state index contributed by atoms with van der Waals surface area (Å²) in [5.41, 5.74) is 2.12. The number of carbonyl (C=O) groups is 1. The normalized spacial score (nSPS) is 27.2.